The first-order valence-corrected chi connectivity index (χ1v) is 46.5. The molecule has 0 unspecified atom stereocenters. The number of rotatable bonds is 20. The number of ether oxygens (including phenoxy) is 1. The van der Waals surface area contributed by atoms with E-state index in [9.17, 15) is 9.59 Å². The zero-order valence-electron chi connectivity index (χ0n) is 76.0. The van der Waals surface area contributed by atoms with Crippen molar-refractivity contribution < 1.29 is 14.3 Å². The molecule has 0 radical (unpaired) electrons. The summed E-state index contributed by atoms with van der Waals surface area (Å²) in [4.78, 5) is 28.9. The zero-order valence-corrected chi connectivity index (χ0v) is 76.0. The summed E-state index contributed by atoms with van der Waals surface area (Å²) in [6.07, 6.45) is 0. The van der Waals surface area contributed by atoms with Gasteiger partial charge in [-0.1, -0.05) is 304 Å². The summed E-state index contributed by atoms with van der Waals surface area (Å²) in [5.74, 6) is -0.134. The second kappa shape index (κ2) is 36.0. The van der Waals surface area contributed by atoms with Crippen LogP contribution in [0, 0.1) is 0 Å². The topological polar surface area (TPSA) is 81.6 Å². The normalized spacial score (nSPS) is 11.4. The van der Waals surface area contributed by atoms with E-state index in [4.69, 9.17) is 4.74 Å². The van der Waals surface area contributed by atoms with Crippen LogP contribution in [0.5, 0.6) is 5.75 Å². The van der Waals surface area contributed by atoms with Crippen LogP contribution in [0.25, 0.3) is 177 Å². The van der Waals surface area contributed by atoms with Gasteiger partial charge in [0.05, 0.1) is 44.1 Å². The minimum absolute atomic E-state index is 0.185. The van der Waals surface area contributed by atoms with Crippen molar-refractivity contribution in [3.63, 3.8) is 0 Å². The average molecular weight is 1780 g/mol. The number of carbonyl (C=O) groups excluding carboxylic acids is 2. The maximum atomic E-state index is 12.2. The predicted octanol–water partition coefficient (Wildman–Crippen LogP) is 33.7. The van der Waals surface area contributed by atoms with Crippen molar-refractivity contribution in [2.45, 2.75) is 13.8 Å². The molecule has 0 spiro atoms. The molecule has 0 saturated carbocycles. The highest BCUT2D eigenvalue weighted by atomic mass is 16.5. The van der Waals surface area contributed by atoms with Crippen LogP contribution in [0.1, 0.15) is 13.8 Å². The third kappa shape index (κ3) is 15.9. The summed E-state index contributed by atoms with van der Waals surface area (Å²) in [6, 6.07) is 173. The molecule has 24 aromatic rings. The van der Waals surface area contributed by atoms with Crippen LogP contribution in [0.4, 0.5) is 39.8 Å². The summed E-state index contributed by atoms with van der Waals surface area (Å²) in [7, 11) is 0. The number of anilines is 7. The van der Waals surface area contributed by atoms with Gasteiger partial charge in [0.15, 0.2) is 0 Å². The fraction of sp³-hybridized carbons (Fsp3) is 0.0156. The number of hydrogen-bond acceptors (Lipinski definition) is 5. The fourth-order valence-corrected chi connectivity index (χ4v) is 19.6. The second-order valence-electron chi connectivity index (χ2n) is 35.1. The van der Waals surface area contributed by atoms with Crippen LogP contribution in [0.15, 0.2) is 510 Å². The van der Waals surface area contributed by atoms with Crippen molar-refractivity contribution in [1.29, 1.82) is 0 Å². The summed E-state index contributed by atoms with van der Waals surface area (Å²) >= 11 is 0. The van der Waals surface area contributed by atoms with E-state index in [-0.39, 0.29) is 5.91 Å². The molecule has 0 aliphatic heterocycles. The third-order valence-electron chi connectivity index (χ3n) is 26.5. The highest BCUT2D eigenvalue weighted by Crippen LogP contribution is 2.45. The van der Waals surface area contributed by atoms with Gasteiger partial charge in [0.2, 0.25) is 0 Å². The van der Waals surface area contributed by atoms with Gasteiger partial charge in [-0.3, -0.25) is 4.79 Å². The van der Waals surface area contributed by atoms with E-state index >= 15 is 0 Å². The van der Waals surface area contributed by atoms with E-state index < -0.39 is 5.97 Å². The van der Waals surface area contributed by atoms with Gasteiger partial charge in [-0.2, -0.15) is 0 Å². The lowest BCUT2D eigenvalue weighted by Crippen LogP contribution is -2.11. The standard InChI is InChI=1S/C64H46N4O.C64H45N3O2/c1-43(2)64(69)65-50-31-19-44(20-32-50)45-21-33-51(34-22-45)66(52-35-23-46(24-36-52)48-27-39-54(40-28-48)67-60-15-7-3-11-56(60)57-12-4-8-16-61(57)67)53-37-25-47(26-38-53)49-29-41-55(42-30-49)68-62-17-9-5-13-58(62)59-14-6-10-18-63(59)68;1-43(2)64(68)69-55-41-29-49(30-42-55)48-23-35-52(36-24-48)65(50-31-19-44(20-32-50)46-25-37-53(38-26-46)66-60-15-7-3-11-56(60)57-12-4-8-16-61(57)66)51-33-21-45(22-34-51)47-27-39-54(40-28-47)67-62-17-9-5-13-58(62)59-14-6-10-18-63(59)67/h3-42H,1H2,2H3,(H,65,69);3-42H,1H2,2H3. The first-order chi connectivity index (χ1) is 67.9. The second-order valence-corrected chi connectivity index (χ2v) is 35.1. The minimum Gasteiger partial charge on any atom is -0.423 e. The molecule has 0 bridgehead atoms. The molecule has 1 N–H and O–H groups in total. The van der Waals surface area contributed by atoms with Gasteiger partial charge in [-0.05, 0) is 275 Å². The molecule has 10 heteroatoms. The summed E-state index contributed by atoms with van der Waals surface area (Å²) in [6.45, 7) is 10.8. The number of nitrogens with zero attached hydrogens (tertiary/aromatic N) is 6. The number of aromatic nitrogens is 4. The van der Waals surface area contributed by atoms with Gasteiger partial charge in [0.1, 0.15) is 5.75 Å². The van der Waals surface area contributed by atoms with E-state index in [1.54, 1.807) is 13.8 Å². The average Bonchev–Trinajstić information content (AvgIpc) is 1.63. The number of hydrogen-bond donors (Lipinski definition) is 1. The SMILES string of the molecule is C=C(C)C(=O)Nc1ccc(-c2ccc(N(c3ccc(-c4ccc(-n5c6ccccc6c6ccccc65)cc4)cc3)c3ccc(-c4ccc(-n5c6ccccc6c6ccccc65)cc4)cc3)cc2)cc1.C=C(C)C(=O)Oc1ccc(-c2ccc(N(c3ccc(-c4ccc(-n5c6ccccc6c6ccccc65)cc4)cc3)c3ccc(-c4ccc(-n5c6ccccc6c6ccccc65)cc4)cc3)cc2)cc1. The monoisotopic (exact) mass is 1770 g/mol. The number of fused-ring (bicyclic) bond motifs is 12. The largest absolute Gasteiger partial charge is 0.423 e. The van der Waals surface area contributed by atoms with Gasteiger partial charge in [-0.15, -0.1) is 0 Å². The number of para-hydroxylation sites is 8. The van der Waals surface area contributed by atoms with Crippen LogP contribution in [0.3, 0.4) is 0 Å². The molecule has 138 heavy (non-hydrogen) atoms. The molecule has 4 aromatic heterocycles. The van der Waals surface area contributed by atoms with Gasteiger partial charge < -0.3 is 38.1 Å². The lowest BCUT2D eigenvalue weighted by molar-refractivity contribution is -0.130. The molecule has 0 aliphatic carbocycles. The van der Waals surface area contributed by atoms with Crippen LogP contribution < -0.4 is 19.9 Å². The van der Waals surface area contributed by atoms with Crippen LogP contribution in [-0.2, 0) is 9.59 Å². The Balaban J connectivity index is 0.000000155. The van der Waals surface area contributed by atoms with Gasteiger partial charge in [0, 0.05) is 117 Å². The molecule has 0 atom stereocenters. The first-order valence-electron chi connectivity index (χ1n) is 46.5. The predicted molar refractivity (Wildman–Crippen MR) is 576 cm³/mol. The molecule has 0 aliphatic rings. The van der Waals surface area contributed by atoms with Crippen LogP contribution in [-0.4, -0.2) is 30.1 Å². The maximum Gasteiger partial charge on any atom is 0.338 e. The maximum absolute atomic E-state index is 12.2. The van der Waals surface area contributed by atoms with Gasteiger partial charge in [0.25, 0.3) is 5.91 Å². The number of amides is 1. The van der Waals surface area contributed by atoms with E-state index in [0.717, 1.165) is 129 Å². The van der Waals surface area contributed by atoms with E-state index in [0.29, 0.717) is 16.9 Å². The minimum atomic E-state index is -0.435. The van der Waals surface area contributed by atoms with Crippen LogP contribution >= 0.6 is 0 Å². The Morgan fingerprint density at radius 3 is 0.558 bits per heavy atom. The van der Waals surface area contributed by atoms with Crippen molar-refractivity contribution >= 4 is 139 Å². The number of esters is 1. The third-order valence-corrected chi connectivity index (χ3v) is 26.5. The Kier molecular flexibility index (Phi) is 21.9. The Bertz CT molecular complexity index is 7630. The Hall–Kier alpha value is -18.4. The molecule has 10 nitrogen and oxygen atoms in total. The van der Waals surface area contributed by atoms with Crippen molar-refractivity contribution in [3.8, 4) is 95.3 Å². The molecule has 656 valence electrons. The van der Waals surface area contributed by atoms with Gasteiger partial charge in [-0.25, -0.2) is 4.79 Å². The number of benzene rings is 20. The molecular weight excluding hydrogens is 1680 g/mol. The Morgan fingerprint density at radius 2 is 0.377 bits per heavy atom. The summed E-state index contributed by atoms with van der Waals surface area (Å²) in [5, 5.41) is 12.9. The van der Waals surface area contributed by atoms with Crippen LogP contribution in [0.2, 0.25) is 0 Å². The number of nitrogens with one attached hydrogen (secondary N) is 1. The molecule has 4 heterocycles. The first kappa shape index (κ1) is 83.9. The molecular formula is C128H91N7O3. The highest BCUT2D eigenvalue weighted by molar-refractivity contribution is 6.13. The van der Waals surface area contributed by atoms with E-state index in [1.165, 1.54) is 87.2 Å². The summed E-state index contributed by atoms with van der Waals surface area (Å²) < 4.78 is 14.9. The Labute approximate surface area is 799 Å². The van der Waals surface area contributed by atoms with Crippen molar-refractivity contribution in [2.75, 3.05) is 15.1 Å². The molecule has 0 saturated heterocycles. The number of carbonyl (C=O) groups is 2. The quantitative estimate of drug-likeness (QED) is 0.0467. The van der Waals surface area contributed by atoms with E-state index in [1.807, 2.05) is 48.5 Å². The van der Waals surface area contributed by atoms with E-state index in [2.05, 4.69) is 483 Å². The molecule has 1 amide bonds. The molecule has 24 rings (SSSR count). The fourth-order valence-electron chi connectivity index (χ4n) is 19.6. The zero-order chi connectivity index (χ0) is 92.9. The smallest absolute Gasteiger partial charge is 0.338 e. The van der Waals surface area contributed by atoms with Crippen molar-refractivity contribution in [3.05, 3.63) is 510 Å². The Morgan fingerprint density at radius 1 is 0.210 bits per heavy atom. The van der Waals surface area contributed by atoms with Crippen molar-refractivity contribution in [1.82, 2.24) is 18.3 Å². The molecule has 20 aromatic carbocycles. The lowest BCUT2D eigenvalue weighted by atomic mass is 10.0. The highest BCUT2D eigenvalue weighted by Gasteiger charge is 2.22. The molecule has 0 fully saturated rings. The summed E-state index contributed by atoms with van der Waals surface area (Å²) in [5.41, 5.74) is 35.3. The lowest BCUT2D eigenvalue weighted by Gasteiger charge is -2.26. The van der Waals surface area contributed by atoms with Crippen molar-refractivity contribution in [2.24, 2.45) is 0 Å². The van der Waals surface area contributed by atoms with Gasteiger partial charge >= 0.3 is 5.97 Å².